The van der Waals surface area contributed by atoms with Crippen LogP contribution >= 0.6 is 11.3 Å². The summed E-state index contributed by atoms with van der Waals surface area (Å²) in [6, 6.07) is 8.79. The molecule has 0 aliphatic heterocycles. The van der Waals surface area contributed by atoms with E-state index in [2.05, 4.69) is 48.9 Å². The van der Waals surface area contributed by atoms with Crippen molar-refractivity contribution in [3.05, 3.63) is 35.2 Å². The predicted octanol–water partition coefficient (Wildman–Crippen LogP) is 3.84. The molecule has 2 nitrogen and oxygen atoms in total. The minimum Gasteiger partial charge on any atom is -0.271 e. The van der Waals surface area contributed by atoms with Gasteiger partial charge >= 0.3 is 0 Å². The summed E-state index contributed by atoms with van der Waals surface area (Å²) in [6.45, 7) is 4.50. The summed E-state index contributed by atoms with van der Waals surface area (Å²) in [5, 5.41) is 3.57. The number of hydrogen-bond acceptors (Lipinski definition) is 3. The zero-order chi connectivity index (χ0) is 12.3. The minimum atomic E-state index is 0.265. The van der Waals surface area contributed by atoms with Crippen molar-refractivity contribution in [1.82, 2.24) is 5.43 Å². The first kappa shape index (κ1) is 12.6. The van der Waals surface area contributed by atoms with Crippen LogP contribution in [0.5, 0.6) is 0 Å². The molecule has 2 atom stereocenters. The molecule has 2 aromatic rings. The first-order chi connectivity index (χ1) is 8.26. The molecule has 3 heteroatoms. The monoisotopic (exact) mass is 248 g/mol. The fraction of sp³-hybridized carbons (Fsp3) is 0.429. The van der Waals surface area contributed by atoms with Crippen LogP contribution in [0.2, 0.25) is 0 Å². The molecule has 3 N–H and O–H groups in total. The molecule has 0 aliphatic carbocycles. The minimum absolute atomic E-state index is 0.265. The molecule has 0 saturated heterocycles. The molecule has 1 aromatic carbocycles. The van der Waals surface area contributed by atoms with Gasteiger partial charge in [0.1, 0.15) is 0 Å². The average Bonchev–Trinajstić information content (AvgIpc) is 2.79. The van der Waals surface area contributed by atoms with Crippen molar-refractivity contribution in [1.29, 1.82) is 0 Å². The highest BCUT2D eigenvalue weighted by Crippen LogP contribution is 2.33. The molecular weight excluding hydrogens is 228 g/mol. The molecular formula is C14H20N2S. The number of hydrogen-bond donors (Lipinski definition) is 2. The van der Waals surface area contributed by atoms with E-state index in [0.29, 0.717) is 5.92 Å². The molecule has 0 aliphatic rings. The van der Waals surface area contributed by atoms with Gasteiger partial charge in [0.05, 0.1) is 0 Å². The molecule has 1 aromatic heterocycles. The van der Waals surface area contributed by atoms with Gasteiger partial charge in [-0.05, 0) is 34.7 Å². The average molecular weight is 248 g/mol. The van der Waals surface area contributed by atoms with Crippen LogP contribution in [-0.4, -0.2) is 0 Å². The number of hydrazine groups is 1. The summed E-state index contributed by atoms with van der Waals surface area (Å²) >= 11 is 1.80. The first-order valence-electron chi connectivity index (χ1n) is 6.18. The van der Waals surface area contributed by atoms with Crippen molar-refractivity contribution in [2.75, 3.05) is 0 Å². The summed E-state index contributed by atoms with van der Waals surface area (Å²) < 4.78 is 1.34. The van der Waals surface area contributed by atoms with Gasteiger partial charge in [-0.3, -0.25) is 11.3 Å². The quantitative estimate of drug-likeness (QED) is 0.623. The second kappa shape index (κ2) is 5.63. The van der Waals surface area contributed by atoms with Gasteiger partial charge in [-0.25, -0.2) is 0 Å². The molecule has 0 radical (unpaired) electrons. The summed E-state index contributed by atoms with van der Waals surface area (Å²) in [4.78, 5) is 0. The smallest absolute Gasteiger partial charge is 0.0476 e. The van der Waals surface area contributed by atoms with Crippen molar-refractivity contribution in [2.24, 2.45) is 11.8 Å². The van der Waals surface area contributed by atoms with E-state index in [0.717, 1.165) is 6.42 Å². The zero-order valence-electron chi connectivity index (χ0n) is 10.4. The maximum absolute atomic E-state index is 5.71. The Morgan fingerprint density at radius 2 is 2.12 bits per heavy atom. The fourth-order valence-corrected chi connectivity index (χ4v) is 3.14. The fourth-order valence-electron chi connectivity index (χ4n) is 2.12. The Morgan fingerprint density at radius 3 is 2.82 bits per heavy atom. The lowest BCUT2D eigenvalue weighted by Gasteiger charge is -2.19. The summed E-state index contributed by atoms with van der Waals surface area (Å²) in [7, 11) is 0. The number of benzene rings is 1. The van der Waals surface area contributed by atoms with Gasteiger partial charge in [-0.15, -0.1) is 11.3 Å². The second-order valence-corrected chi connectivity index (χ2v) is 5.57. The Labute approximate surface area is 107 Å². The van der Waals surface area contributed by atoms with E-state index in [1.54, 1.807) is 11.3 Å². The molecule has 0 fully saturated rings. The van der Waals surface area contributed by atoms with E-state index in [4.69, 9.17) is 5.84 Å². The SMILES string of the molecule is CCC(C)CC(NN)c1csc2ccccc12. The van der Waals surface area contributed by atoms with Gasteiger partial charge in [-0.1, -0.05) is 38.5 Å². The second-order valence-electron chi connectivity index (χ2n) is 4.66. The lowest BCUT2D eigenvalue weighted by Crippen LogP contribution is -2.29. The Hall–Kier alpha value is -0.900. The number of fused-ring (bicyclic) bond motifs is 1. The van der Waals surface area contributed by atoms with Crippen LogP contribution in [0.3, 0.4) is 0 Å². The van der Waals surface area contributed by atoms with Crippen LogP contribution in [0.4, 0.5) is 0 Å². The van der Waals surface area contributed by atoms with Crippen LogP contribution in [-0.2, 0) is 0 Å². The molecule has 0 amide bonds. The first-order valence-corrected chi connectivity index (χ1v) is 7.06. The zero-order valence-corrected chi connectivity index (χ0v) is 11.3. The number of nitrogens with two attached hydrogens (primary N) is 1. The lowest BCUT2D eigenvalue weighted by atomic mass is 9.94. The maximum Gasteiger partial charge on any atom is 0.0476 e. The van der Waals surface area contributed by atoms with Gasteiger partial charge in [0, 0.05) is 10.7 Å². The standard InChI is InChI=1S/C14H20N2S/c1-3-10(2)8-13(16-15)12-9-17-14-7-5-4-6-11(12)14/h4-7,9-10,13,16H,3,8,15H2,1-2H3. The van der Waals surface area contributed by atoms with Crippen LogP contribution in [0.1, 0.15) is 38.3 Å². The topological polar surface area (TPSA) is 38.0 Å². The van der Waals surface area contributed by atoms with Gasteiger partial charge in [0.15, 0.2) is 0 Å². The van der Waals surface area contributed by atoms with E-state index in [9.17, 15) is 0 Å². The maximum atomic E-state index is 5.71. The molecule has 92 valence electrons. The van der Waals surface area contributed by atoms with Crippen molar-refractivity contribution in [2.45, 2.75) is 32.7 Å². The molecule has 2 unspecified atom stereocenters. The van der Waals surface area contributed by atoms with Gasteiger partial charge in [0.2, 0.25) is 0 Å². The lowest BCUT2D eigenvalue weighted by molar-refractivity contribution is 0.410. The summed E-state index contributed by atoms with van der Waals surface area (Å²) in [5.74, 6) is 6.40. The molecule has 0 saturated carbocycles. The van der Waals surface area contributed by atoms with Crippen molar-refractivity contribution in [3.63, 3.8) is 0 Å². The summed E-state index contributed by atoms with van der Waals surface area (Å²) in [5.41, 5.74) is 4.31. The molecule has 0 spiro atoms. The van der Waals surface area contributed by atoms with Gasteiger partial charge < -0.3 is 0 Å². The van der Waals surface area contributed by atoms with E-state index >= 15 is 0 Å². The number of thiophene rings is 1. The predicted molar refractivity (Wildman–Crippen MR) is 76.0 cm³/mol. The largest absolute Gasteiger partial charge is 0.271 e. The van der Waals surface area contributed by atoms with Crippen molar-refractivity contribution >= 4 is 21.4 Å². The van der Waals surface area contributed by atoms with Gasteiger partial charge in [-0.2, -0.15) is 0 Å². The molecule has 2 rings (SSSR count). The van der Waals surface area contributed by atoms with E-state index in [1.807, 2.05) is 0 Å². The van der Waals surface area contributed by atoms with Crippen molar-refractivity contribution in [3.8, 4) is 0 Å². The molecule has 1 heterocycles. The third-order valence-corrected chi connectivity index (χ3v) is 4.40. The summed E-state index contributed by atoms with van der Waals surface area (Å²) in [6.07, 6.45) is 2.29. The Kier molecular flexibility index (Phi) is 4.15. The number of rotatable bonds is 5. The highest BCUT2D eigenvalue weighted by molar-refractivity contribution is 7.17. The molecule has 0 bridgehead atoms. The number of nitrogens with one attached hydrogen (secondary N) is 1. The van der Waals surface area contributed by atoms with Crippen LogP contribution in [0.25, 0.3) is 10.1 Å². The van der Waals surface area contributed by atoms with E-state index in [1.165, 1.54) is 22.1 Å². The Bertz CT molecular complexity index is 478. The van der Waals surface area contributed by atoms with Crippen LogP contribution in [0.15, 0.2) is 29.6 Å². The van der Waals surface area contributed by atoms with Crippen LogP contribution in [0, 0.1) is 5.92 Å². The third kappa shape index (κ3) is 2.68. The van der Waals surface area contributed by atoms with Crippen LogP contribution < -0.4 is 11.3 Å². The third-order valence-electron chi connectivity index (χ3n) is 3.42. The highest BCUT2D eigenvalue weighted by Gasteiger charge is 2.16. The van der Waals surface area contributed by atoms with E-state index in [-0.39, 0.29) is 6.04 Å². The Morgan fingerprint density at radius 1 is 1.35 bits per heavy atom. The van der Waals surface area contributed by atoms with Crippen molar-refractivity contribution < 1.29 is 0 Å². The van der Waals surface area contributed by atoms with Gasteiger partial charge in [0.25, 0.3) is 0 Å². The normalized spacial score (nSPS) is 15.0. The highest BCUT2D eigenvalue weighted by atomic mass is 32.1. The van der Waals surface area contributed by atoms with E-state index < -0.39 is 0 Å². The molecule has 17 heavy (non-hydrogen) atoms. The Balaban J connectivity index is 2.30.